The van der Waals surface area contributed by atoms with Crippen LogP contribution < -0.4 is 4.90 Å². The summed E-state index contributed by atoms with van der Waals surface area (Å²) in [7, 11) is -3.10. The highest BCUT2D eigenvalue weighted by Gasteiger charge is 2.49. The molecule has 2 saturated heterocycles. The van der Waals surface area contributed by atoms with Crippen molar-refractivity contribution in [2.24, 2.45) is 4.99 Å². The van der Waals surface area contributed by atoms with Gasteiger partial charge in [-0.1, -0.05) is 43.8 Å². The molecule has 0 aliphatic carbocycles. The molecule has 3 rings (SSSR count). The van der Waals surface area contributed by atoms with E-state index in [0.717, 1.165) is 11.3 Å². The Balaban J connectivity index is 2.08. The smallest absolute Gasteiger partial charge is 0.262 e. The lowest BCUT2D eigenvalue weighted by molar-refractivity contribution is -0.116. The standard InChI is InChI=1S/C17H19N3O3S2/c1-11(2)12-5-3-4-6-13(12)20-14-9-25(22,23)10-15(14)24-17(20)19-16(21)7-8-18/h3-6,11,14-15H,7,9-10H2,1-2H3/t14-,15-/m1/s1. The van der Waals surface area contributed by atoms with Crippen LogP contribution >= 0.6 is 11.8 Å². The van der Waals surface area contributed by atoms with Crippen molar-refractivity contribution in [1.82, 2.24) is 0 Å². The second-order valence-corrected chi connectivity index (χ2v) is 9.87. The molecule has 0 radical (unpaired) electrons. The van der Waals surface area contributed by atoms with Crippen LogP contribution in [-0.4, -0.2) is 42.3 Å². The molecule has 0 unspecified atom stereocenters. The number of fused-ring (bicyclic) bond motifs is 1. The third kappa shape index (κ3) is 3.58. The van der Waals surface area contributed by atoms with Crippen LogP contribution in [0.1, 0.15) is 31.7 Å². The predicted octanol–water partition coefficient (Wildman–Crippen LogP) is 2.33. The van der Waals surface area contributed by atoms with Gasteiger partial charge in [0.25, 0.3) is 5.91 Å². The van der Waals surface area contributed by atoms with Crippen LogP contribution in [0.4, 0.5) is 5.69 Å². The first-order valence-electron chi connectivity index (χ1n) is 8.06. The number of thioether (sulfide) groups is 1. The van der Waals surface area contributed by atoms with Gasteiger partial charge in [-0.2, -0.15) is 10.3 Å². The summed E-state index contributed by atoms with van der Waals surface area (Å²) < 4.78 is 24.2. The molecule has 1 amide bonds. The van der Waals surface area contributed by atoms with E-state index in [-0.39, 0.29) is 35.1 Å². The average Bonchev–Trinajstić information content (AvgIpc) is 2.98. The van der Waals surface area contributed by atoms with E-state index in [4.69, 9.17) is 5.26 Å². The number of carbonyl (C=O) groups excluding carboxylic acids is 1. The number of carbonyl (C=O) groups is 1. The fourth-order valence-electron chi connectivity index (χ4n) is 3.26. The molecule has 6 nitrogen and oxygen atoms in total. The highest BCUT2D eigenvalue weighted by atomic mass is 32.2. The number of para-hydroxylation sites is 1. The maximum Gasteiger partial charge on any atom is 0.262 e. The molecular formula is C17H19N3O3S2. The molecule has 2 fully saturated rings. The molecule has 1 aromatic rings. The summed E-state index contributed by atoms with van der Waals surface area (Å²) in [6.45, 7) is 4.14. The summed E-state index contributed by atoms with van der Waals surface area (Å²) in [6.07, 6.45) is -0.280. The first-order chi connectivity index (χ1) is 11.8. The van der Waals surface area contributed by atoms with Crippen LogP contribution in [0.15, 0.2) is 29.3 Å². The molecule has 0 N–H and O–H groups in total. The van der Waals surface area contributed by atoms with Crippen molar-refractivity contribution in [3.8, 4) is 6.07 Å². The van der Waals surface area contributed by atoms with Gasteiger partial charge in [-0.3, -0.25) is 4.79 Å². The molecular weight excluding hydrogens is 358 g/mol. The van der Waals surface area contributed by atoms with Gasteiger partial charge in [0.15, 0.2) is 15.0 Å². The summed E-state index contributed by atoms with van der Waals surface area (Å²) in [5.74, 6) is -0.106. The number of anilines is 1. The second-order valence-electron chi connectivity index (χ2n) is 6.51. The van der Waals surface area contributed by atoms with Crippen LogP contribution in [0.3, 0.4) is 0 Å². The minimum absolute atomic E-state index is 0.0581. The quantitative estimate of drug-likeness (QED) is 0.803. The van der Waals surface area contributed by atoms with Crippen molar-refractivity contribution >= 4 is 38.4 Å². The number of rotatable bonds is 3. The summed E-state index contributed by atoms with van der Waals surface area (Å²) in [5, 5.41) is 9.06. The Morgan fingerprint density at radius 2 is 2.12 bits per heavy atom. The lowest BCUT2D eigenvalue weighted by atomic mass is 9.99. The highest BCUT2D eigenvalue weighted by Crippen LogP contribution is 2.43. The number of hydrogen-bond donors (Lipinski definition) is 0. The maximum atomic E-state index is 12.1. The zero-order valence-electron chi connectivity index (χ0n) is 14.0. The minimum Gasteiger partial charge on any atom is -0.315 e. The van der Waals surface area contributed by atoms with E-state index in [1.807, 2.05) is 35.2 Å². The lowest BCUT2D eigenvalue weighted by Gasteiger charge is -2.28. The Bertz CT molecular complexity index is 871. The third-order valence-electron chi connectivity index (χ3n) is 4.34. The number of sulfone groups is 1. The first-order valence-corrected chi connectivity index (χ1v) is 10.8. The minimum atomic E-state index is -3.10. The number of nitrogens with zero attached hydrogens (tertiary/aromatic N) is 3. The van der Waals surface area contributed by atoms with Crippen LogP contribution in [-0.2, 0) is 14.6 Å². The predicted molar refractivity (Wildman–Crippen MR) is 99.5 cm³/mol. The van der Waals surface area contributed by atoms with Gasteiger partial charge in [0, 0.05) is 10.9 Å². The number of benzene rings is 1. The molecule has 132 valence electrons. The zero-order valence-corrected chi connectivity index (χ0v) is 15.7. The van der Waals surface area contributed by atoms with Crippen LogP contribution in [0.2, 0.25) is 0 Å². The molecule has 0 bridgehead atoms. The van der Waals surface area contributed by atoms with Crippen molar-refractivity contribution in [3.63, 3.8) is 0 Å². The SMILES string of the molecule is CC(C)c1ccccc1N1C(=NC(=O)CC#N)S[C@@H]2CS(=O)(=O)C[C@H]21. The Morgan fingerprint density at radius 1 is 1.40 bits per heavy atom. The molecule has 25 heavy (non-hydrogen) atoms. The molecule has 8 heteroatoms. The van der Waals surface area contributed by atoms with Crippen molar-refractivity contribution in [2.75, 3.05) is 16.4 Å². The van der Waals surface area contributed by atoms with Gasteiger partial charge in [-0.25, -0.2) is 8.42 Å². The number of hydrogen-bond acceptors (Lipinski definition) is 5. The molecule has 0 spiro atoms. The van der Waals surface area contributed by atoms with E-state index in [1.54, 1.807) is 0 Å². The summed E-state index contributed by atoms with van der Waals surface area (Å²) in [4.78, 5) is 17.9. The molecule has 2 aliphatic rings. The Morgan fingerprint density at radius 3 is 2.80 bits per heavy atom. The summed E-state index contributed by atoms with van der Waals surface area (Å²) in [5.41, 5.74) is 1.96. The molecule has 1 aromatic carbocycles. The van der Waals surface area contributed by atoms with E-state index in [2.05, 4.69) is 18.8 Å². The van der Waals surface area contributed by atoms with Crippen LogP contribution in [0.5, 0.6) is 0 Å². The van der Waals surface area contributed by atoms with E-state index >= 15 is 0 Å². The van der Waals surface area contributed by atoms with Gasteiger partial charge in [0.05, 0.1) is 23.6 Å². The van der Waals surface area contributed by atoms with Gasteiger partial charge in [-0.05, 0) is 17.5 Å². The van der Waals surface area contributed by atoms with Crippen LogP contribution in [0, 0.1) is 11.3 Å². The van der Waals surface area contributed by atoms with Crippen LogP contribution in [0.25, 0.3) is 0 Å². The average molecular weight is 377 g/mol. The topological polar surface area (TPSA) is 90.6 Å². The van der Waals surface area contributed by atoms with Crippen molar-refractivity contribution in [1.29, 1.82) is 5.26 Å². The van der Waals surface area contributed by atoms with Gasteiger partial charge < -0.3 is 4.90 Å². The third-order valence-corrected chi connectivity index (χ3v) is 7.55. The monoisotopic (exact) mass is 377 g/mol. The van der Waals surface area contributed by atoms with Crippen molar-refractivity contribution in [2.45, 2.75) is 37.5 Å². The summed E-state index contributed by atoms with van der Waals surface area (Å²) in [6, 6.07) is 9.37. The van der Waals surface area contributed by atoms with E-state index in [0.29, 0.717) is 5.17 Å². The first kappa shape index (κ1) is 18.0. The molecule has 2 heterocycles. The Kier molecular flexibility index (Phi) is 4.89. The van der Waals surface area contributed by atoms with Gasteiger partial charge in [0.1, 0.15) is 6.42 Å². The van der Waals surface area contributed by atoms with Crippen molar-refractivity contribution < 1.29 is 13.2 Å². The molecule has 2 aliphatic heterocycles. The number of amides is 1. The Labute approximate surface area is 151 Å². The van der Waals surface area contributed by atoms with Crippen molar-refractivity contribution in [3.05, 3.63) is 29.8 Å². The fourth-order valence-corrected chi connectivity index (χ4v) is 7.18. The van der Waals surface area contributed by atoms with Gasteiger partial charge in [-0.15, -0.1) is 0 Å². The number of aliphatic imine (C=N–C) groups is 1. The fraction of sp³-hybridized carbons (Fsp3) is 0.471. The highest BCUT2D eigenvalue weighted by molar-refractivity contribution is 8.16. The second kappa shape index (κ2) is 6.81. The number of amidine groups is 1. The normalized spacial score (nSPS) is 26.0. The van der Waals surface area contributed by atoms with Gasteiger partial charge >= 0.3 is 0 Å². The Hall–Kier alpha value is -1.85. The van der Waals surface area contributed by atoms with E-state index in [1.165, 1.54) is 11.8 Å². The lowest BCUT2D eigenvalue weighted by Crippen LogP contribution is -2.38. The zero-order chi connectivity index (χ0) is 18.2. The number of nitriles is 1. The molecule has 2 atom stereocenters. The van der Waals surface area contributed by atoms with Gasteiger partial charge in [0.2, 0.25) is 0 Å². The largest absolute Gasteiger partial charge is 0.315 e. The summed E-state index contributed by atoms with van der Waals surface area (Å²) >= 11 is 1.33. The molecule has 0 aromatic heterocycles. The van der Waals surface area contributed by atoms with E-state index < -0.39 is 15.7 Å². The maximum absolute atomic E-state index is 12.1. The van der Waals surface area contributed by atoms with E-state index in [9.17, 15) is 13.2 Å². The molecule has 0 saturated carbocycles.